The summed E-state index contributed by atoms with van der Waals surface area (Å²) < 4.78 is 29.1. The number of hydrogen-bond acceptors (Lipinski definition) is 7. The third-order valence-corrected chi connectivity index (χ3v) is 4.25. The number of ether oxygens (including phenoxy) is 1. The minimum absolute atomic E-state index is 0.234. The number of benzene rings is 2. The molecule has 0 saturated heterocycles. The molecule has 8 nitrogen and oxygen atoms in total. The van der Waals surface area contributed by atoms with E-state index in [4.69, 9.17) is 11.8 Å². The number of nitrogens with two attached hydrogens (primary N) is 1. The molecule has 0 aliphatic rings. The lowest BCUT2D eigenvalue weighted by Crippen LogP contribution is -2.03. The Balaban J connectivity index is 1.79. The molecule has 2 heterocycles. The highest BCUT2D eigenvalue weighted by Gasteiger charge is 2.13. The third kappa shape index (κ3) is 4.30. The van der Waals surface area contributed by atoms with Crippen LogP contribution in [0.3, 0.4) is 0 Å². The summed E-state index contributed by atoms with van der Waals surface area (Å²) in [4.78, 5) is 8.90. The molecule has 0 fully saturated rings. The molecule has 0 aliphatic heterocycles. The first-order valence-corrected chi connectivity index (χ1v) is 9.02. The quantitative estimate of drug-likeness (QED) is 0.414. The van der Waals surface area contributed by atoms with E-state index in [1.807, 2.05) is 0 Å². The Labute approximate surface area is 174 Å². The molecule has 0 amide bonds. The number of anilines is 5. The second-order valence-electron chi connectivity index (χ2n) is 6.52. The van der Waals surface area contributed by atoms with Crippen LogP contribution < -0.4 is 21.1 Å². The molecule has 9 heteroatoms. The fourth-order valence-corrected chi connectivity index (χ4v) is 2.88. The topological polar surface area (TPSA) is 103 Å². The number of aryl methyl sites for hydroxylation is 1. The molecule has 4 rings (SSSR count). The number of nitrogens with one attached hydrogen (secondary N) is 2. The van der Waals surface area contributed by atoms with Gasteiger partial charge in [-0.1, -0.05) is 6.07 Å². The molecule has 0 atom stereocenters. The van der Waals surface area contributed by atoms with Crippen LogP contribution >= 0.6 is 0 Å². The van der Waals surface area contributed by atoms with Crippen molar-refractivity contribution in [2.45, 2.75) is 0 Å². The Morgan fingerprint density at radius 2 is 2.03 bits per heavy atom. The number of hydrogen-bond donors (Lipinski definition) is 3. The van der Waals surface area contributed by atoms with Crippen LogP contribution in [0, 0.1) is 5.82 Å². The number of halogens is 1. The van der Waals surface area contributed by atoms with Gasteiger partial charge in [-0.05, 0) is 35.9 Å². The highest BCUT2D eigenvalue weighted by molar-refractivity contribution is 5.80. The van der Waals surface area contributed by atoms with E-state index >= 15 is 0 Å². The zero-order valence-corrected chi connectivity index (χ0v) is 16.3. The Morgan fingerprint density at radius 1 is 1.17 bits per heavy atom. The van der Waals surface area contributed by atoms with E-state index in [0.29, 0.717) is 45.7 Å². The molecule has 4 N–H and O–H groups in total. The molecule has 0 radical (unpaired) electrons. The molecular formula is C21H20FN7O. The van der Waals surface area contributed by atoms with Crippen molar-refractivity contribution < 1.29 is 10.5 Å². The van der Waals surface area contributed by atoms with Gasteiger partial charge in [0.15, 0.2) is 0 Å². The maximum atomic E-state index is 14.1. The third-order valence-electron chi connectivity index (χ3n) is 4.25. The van der Waals surface area contributed by atoms with Crippen LogP contribution in [0.15, 0.2) is 61.0 Å². The van der Waals surface area contributed by atoms with Gasteiger partial charge in [0.05, 0.1) is 20.4 Å². The second kappa shape index (κ2) is 8.08. The van der Waals surface area contributed by atoms with Crippen molar-refractivity contribution in [1.29, 1.82) is 0 Å². The monoisotopic (exact) mass is 406 g/mol. The lowest BCUT2D eigenvalue weighted by Gasteiger charge is -2.14. The van der Waals surface area contributed by atoms with E-state index < -0.39 is 5.82 Å². The van der Waals surface area contributed by atoms with Gasteiger partial charge in [-0.15, -0.1) is 0 Å². The second-order valence-corrected chi connectivity index (χ2v) is 6.52. The van der Waals surface area contributed by atoms with Crippen LogP contribution in [0.4, 0.5) is 33.2 Å². The molecule has 0 bridgehead atoms. The van der Waals surface area contributed by atoms with Gasteiger partial charge < -0.3 is 21.1 Å². The van der Waals surface area contributed by atoms with Gasteiger partial charge >= 0.3 is 0 Å². The van der Waals surface area contributed by atoms with Crippen molar-refractivity contribution in [2.75, 3.05) is 23.5 Å². The number of nitrogen functional groups attached to an aromatic ring is 1. The average molecular weight is 406 g/mol. The number of methoxy groups -OCH3 is 1. The Hall–Kier alpha value is -4.14. The average Bonchev–Trinajstić information content (AvgIpc) is 3.15. The van der Waals surface area contributed by atoms with Gasteiger partial charge in [-0.2, -0.15) is 10.1 Å². The van der Waals surface area contributed by atoms with Crippen molar-refractivity contribution in [3.05, 3.63) is 66.8 Å². The van der Waals surface area contributed by atoms with E-state index in [0.717, 1.165) is 0 Å². The summed E-state index contributed by atoms with van der Waals surface area (Å²) in [6.45, 7) is 0. The SMILES string of the molecule is [2H]c1ccc(N)cc1Nc1nc(Nc2cnn(C)c2)ncc1-c1cc(F)cc(OC)c1. The van der Waals surface area contributed by atoms with E-state index in [1.165, 1.54) is 19.2 Å². The van der Waals surface area contributed by atoms with E-state index in [1.54, 1.807) is 54.6 Å². The summed E-state index contributed by atoms with van der Waals surface area (Å²) in [6.07, 6.45) is 4.99. The highest BCUT2D eigenvalue weighted by Crippen LogP contribution is 2.32. The molecule has 2 aromatic heterocycles. The number of rotatable bonds is 6. The zero-order valence-electron chi connectivity index (χ0n) is 17.3. The maximum absolute atomic E-state index is 14.1. The van der Waals surface area contributed by atoms with Crippen molar-refractivity contribution >= 4 is 28.8 Å². The normalized spacial score (nSPS) is 11.1. The molecule has 152 valence electrons. The van der Waals surface area contributed by atoms with Crippen LogP contribution in [0.1, 0.15) is 1.37 Å². The number of aromatic nitrogens is 4. The largest absolute Gasteiger partial charge is 0.497 e. The highest BCUT2D eigenvalue weighted by atomic mass is 19.1. The zero-order chi connectivity index (χ0) is 22.0. The van der Waals surface area contributed by atoms with E-state index in [-0.39, 0.29) is 6.04 Å². The van der Waals surface area contributed by atoms with Gasteiger partial charge in [0, 0.05) is 42.4 Å². The van der Waals surface area contributed by atoms with Crippen LogP contribution in [0.25, 0.3) is 11.1 Å². The van der Waals surface area contributed by atoms with E-state index in [2.05, 4.69) is 25.7 Å². The summed E-state index contributed by atoms with van der Waals surface area (Å²) in [5.74, 6) is 0.581. The van der Waals surface area contributed by atoms with Gasteiger partial charge in [0.1, 0.15) is 17.4 Å². The van der Waals surface area contributed by atoms with Crippen LogP contribution in [0.5, 0.6) is 5.75 Å². The van der Waals surface area contributed by atoms with Gasteiger partial charge in [-0.25, -0.2) is 9.37 Å². The summed E-state index contributed by atoms with van der Waals surface area (Å²) in [6, 6.07) is 9.42. The minimum Gasteiger partial charge on any atom is -0.497 e. The maximum Gasteiger partial charge on any atom is 0.229 e. The summed E-state index contributed by atoms with van der Waals surface area (Å²) in [5, 5.41) is 10.3. The molecule has 0 saturated carbocycles. The lowest BCUT2D eigenvalue weighted by molar-refractivity contribution is 0.411. The first-order valence-electron chi connectivity index (χ1n) is 9.52. The Bertz CT molecular complexity index is 1240. The van der Waals surface area contributed by atoms with Crippen LogP contribution in [0.2, 0.25) is 0 Å². The fraction of sp³-hybridized carbons (Fsp3) is 0.0952. The number of nitrogens with zero attached hydrogens (tertiary/aromatic N) is 4. The molecule has 4 aromatic rings. The molecule has 0 aliphatic carbocycles. The standard InChI is InChI=1S/C21H20FN7O/c1-29-12-17(10-25-29)27-21-24-11-19(13-6-14(22)8-18(7-13)30-2)20(28-21)26-16-5-3-4-15(23)9-16/h3-12H,23H2,1-2H3,(H2,24,26,27,28)/i5D. The van der Waals surface area contributed by atoms with Crippen LogP contribution in [-0.2, 0) is 7.05 Å². The summed E-state index contributed by atoms with van der Waals surface area (Å²) in [7, 11) is 3.27. The smallest absolute Gasteiger partial charge is 0.229 e. The molecule has 30 heavy (non-hydrogen) atoms. The van der Waals surface area contributed by atoms with E-state index in [9.17, 15) is 4.39 Å². The van der Waals surface area contributed by atoms with Gasteiger partial charge in [0.2, 0.25) is 5.95 Å². The molecule has 0 unspecified atom stereocenters. The first kappa shape index (κ1) is 17.9. The minimum atomic E-state index is -0.456. The summed E-state index contributed by atoms with van der Waals surface area (Å²) >= 11 is 0. The van der Waals surface area contributed by atoms with Gasteiger partial charge in [-0.3, -0.25) is 4.68 Å². The summed E-state index contributed by atoms with van der Waals surface area (Å²) in [5.41, 5.74) is 8.58. The van der Waals surface area contributed by atoms with Gasteiger partial charge in [0.25, 0.3) is 0 Å². The van der Waals surface area contributed by atoms with Crippen molar-refractivity contribution in [3.8, 4) is 16.9 Å². The molecule has 2 aromatic carbocycles. The van der Waals surface area contributed by atoms with Crippen molar-refractivity contribution in [3.63, 3.8) is 0 Å². The first-order chi connectivity index (χ1) is 14.9. The Morgan fingerprint density at radius 3 is 2.80 bits per heavy atom. The molecule has 0 spiro atoms. The van der Waals surface area contributed by atoms with Crippen molar-refractivity contribution in [2.24, 2.45) is 7.05 Å². The predicted molar refractivity (Wildman–Crippen MR) is 115 cm³/mol. The predicted octanol–water partition coefficient (Wildman–Crippen LogP) is 4.09. The van der Waals surface area contributed by atoms with Crippen LogP contribution in [-0.4, -0.2) is 26.9 Å². The fourth-order valence-electron chi connectivity index (χ4n) is 2.88. The lowest BCUT2D eigenvalue weighted by atomic mass is 10.1. The van der Waals surface area contributed by atoms with Crippen molar-refractivity contribution in [1.82, 2.24) is 19.7 Å². The Kier molecular flexibility index (Phi) is 4.83. The molecular weight excluding hydrogens is 385 g/mol.